The van der Waals surface area contributed by atoms with Crippen LogP contribution in [0, 0.1) is 6.92 Å². The number of carbonyl (C=O) groups is 1. The molecule has 1 saturated carbocycles. The highest BCUT2D eigenvalue weighted by molar-refractivity contribution is 9.10. The average molecular weight is 298 g/mol. The fourth-order valence-corrected chi connectivity index (χ4v) is 2.84. The second-order valence-corrected chi connectivity index (χ2v) is 5.51. The molecule has 1 aromatic carbocycles. The van der Waals surface area contributed by atoms with Crippen molar-refractivity contribution < 1.29 is 9.90 Å². The first-order valence-electron chi connectivity index (χ1n) is 5.82. The topological polar surface area (TPSA) is 49.3 Å². The summed E-state index contributed by atoms with van der Waals surface area (Å²) in [5.74, 6) is -0.111. The Morgan fingerprint density at radius 3 is 2.76 bits per heavy atom. The maximum Gasteiger partial charge on any atom is 0.251 e. The molecule has 92 valence electrons. The molecule has 4 heteroatoms. The number of aliphatic hydroxyl groups excluding tert-OH is 1. The van der Waals surface area contributed by atoms with Crippen LogP contribution in [0.15, 0.2) is 22.7 Å². The van der Waals surface area contributed by atoms with Gasteiger partial charge in [0.1, 0.15) is 0 Å². The Morgan fingerprint density at radius 2 is 2.18 bits per heavy atom. The lowest BCUT2D eigenvalue weighted by molar-refractivity contribution is 0.0873. The van der Waals surface area contributed by atoms with E-state index < -0.39 is 6.10 Å². The predicted molar refractivity (Wildman–Crippen MR) is 70.0 cm³/mol. The van der Waals surface area contributed by atoms with Crippen LogP contribution in [0.1, 0.15) is 35.2 Å². The van der Waals surface area contributed by atoms with E-state index in [1.165, 1.54) is 0 Å². The Bertz CT molecular complexity index is 413. The Labute approximate surface area is 109 Å². The van der Waals surface area contributed by atoms with Crippen molar-refractivity contribution in [1.82, 2.24) is 5.32 Å². The second kappa shape index (κ2) is 5.19. The first-order valence-corrected chi connectivity index (χ1v) is 6.61. The molecule has 0 radical (unpaired) electrons. The van der Waals surface area contributed by atoms with Gasteiger partial charge in [0, 0.05) is 10.0 Å². The van der Waals surface area contributed by atoms with Gasteiger partial charge in [-0.05, 0) is 49.9 Å². The minimum Gasteiger partial charge on any atom is -0.391 e. The van der Waals surface area contributed by atoms with Gasteiger partial charge in [-0.15, -0.1) is 0 Å². The van der Waals surface area contributed by atoms with E-state index in [0.29, 0.717) is 5.56 Å². The number of halogens is 1. The van der Waals surface area contributed by atoms with E-state index >= 15 is 0 Å². The van der Waals surface area contributed by atoms with Crippen LogP contribution in [-0.4, -0.2) is 23.2 Å². The van der Waals surface area contributed by atoms with Crippen molar-refractivity contribution in [3.05, 3.63) is 33.8 Å². The van der Waals surface area contributed by atoms with E-state index in [9.17, 15) is 9.90 Å². The summed E-state index contributed by atoms with van der Waals surface area (Å²) >= 11 is 3.38. The molecule has 2 atom stereocenters. The van der Waals surface area contributed by atoms with E-state index in [-0.39, 0.29) is 11.9 Å². The first kappa shape index (κ1) is 12.6. The van der Waals surface area contributed by atoms with Crippen molar-refractivity contribution >= 4 is 21.8 Å². The molecular formula is C13H16BrNO2. The van der Waals surface area contributed by atoms with Crippen LogP contribution in [-0.2, 0) is 0 Å². The second-order valence-electron chi connectivity index (χ2n) is 4.60. The quantitative estimate of drug-likeness (QED) is 0.881. The number of benzene rings is 1. The number of hydrogen-bond donors (Lipinski definition) is 2. The molecule has 0 saturated heterocycles. The van der Waals surface area contributed by atoms with Crippen LogP contribution in [0.5, 0.6) is 0 Å². The molecule has 2 N–H and O–H groups in total. The molecule has 1 aliphatic carbocycles. The van der Waals surface area contributed by atoms with Gasteiger partial charge < -0.3 is 10.4 Å². The molecule has 0 aliphatic heterocycles. The summed E-state index contributed by atoms with van der Waals surface area (Å²) in [6.07, 6.45) is 2.22. The van der Waals surface area contributed by atoms with Gasteiger partial charge in [0.25, 0.3) is 5.91 Å². The average Bonchev–Trinajstić information content (AvgIpc) is 2.63. The van der Waals surface area contributed by atoms with Crippen molar-refractivity contribution in [1.29, 1.82) is 0 Å². The summed E-state index contributed by atoms with van der Waals surface area (Å²) in [7, 11) is 0. The molecule has 3 nitrogen and oxygen atoms in total. The summed E-state index contributed by atoms with van der Waals surface area (Å²) in [6.45, 7) is 1.95. The molecule has 0 spiro atoms. The Balaban J connectivity index is 2.09. The van der Waals surface area contributed by atoms with E-state index in [2.05, 4.69) is 21.2 Å². The zero-order chi connectivity index (χ0) is 12.4. The highest BCUT2D eigenvalue weighted by atomic mass is 79.9. The van der Waals surface area contributed by atoms with Crippen LogP contribution in [0.2, 0.25) is 0 Å². The van der Waals surface area contributed by atoms with Crippen molar-refractivity contribution in [2.24, 2.45) is 0 Å². The van der Waals surface area contributed by atoms with Gasteiger partial charge in [-0.1, -0.05) is 15.9 Å². The Kier molecular flexibility index (Phi) is 3.84. The van der Waals surface area contributed by atoms with Gasteiger partial charge in [-0.3, -0.25) is 4.79 Å². The normalized spacial score (nSPS) is 23.7. The van der Waals surface area contributed by atoms with Crippen LogP contribution in [0.3, 0.4) is 0 Å². The molecule has 0 bridgehead atoms. The molecule has 2 rings (SSSR count). The van der Waals surface area contributed by atoms with Crippen molar-refractivity contribution in [3.8, 4) is 0 Å². The van der Waals surface area contributed by atoms with Crippen molar-refractivity contribution in [3.63, 3.8) is 0 Å². The van der Waals surface area contributed by atoms with E-state index in [1.807, 2.05) is 19.1 Å². The fraction of sp³-hybridized carbons (Fsp3) is 0.462. The van der Waals surface area contributed by atoms with Gasteiger partial charge in [-0.25, -0.2) is 0 Å². The van der Waals surface area contributed by atoms with Crippen molar-refractivity contribution in [2.45, 2.75) is 38.3 Å². The van der Waals surface area contributed by atoms with Gasteiger partial charge in [0.15, 0.2) is 0 Å². The summed E-state index contributed by atoms with van der Waals surface area (Å²) in [4.78, 5) is 12.0. The Hall–Kier alpha value is -0.870. The minimum absolute atomic E-state index is 0.0956. The Morgan fingerprint density at radius 1 is 1.41 bits per heavy atom. The van der Waals surface area contributed by atoms with Crippen LogP contribution < -0.4 is 5.32 Å². The van der Waals surface area contributed by atoms with E-state index in [4.69, 9.17) is 0 Å². The number of aryl methyl sites for hydroxylation is 1. The standard InChI is InChI=1S/C13H16BrNO2/c1-8-5-9(7-10(14)6-8)13(17)15-11-3-2-4-12(11)16/h5-7,11-12,16H,2-4H2,1H3,(H,15,17)/t11-,12-/m1/s1. The smallest absolute Gasteiger partial charge is 0.251 e. The third-order valence-electron chi connectivity index (χ3n) is 3.10. The molecule has 1 amide bonds. The number of carbonyl (C=O) groups excluding carboxylic acids is 1. The summed E-state index contributed by atoms with van der Waals surface area (Å²) in [5.41, 5.74) is 1.67. The monoisotopic (exact) mass is 297 g/mol. The summed E-state index contributed by atoms with van der Waals surface area (Å²) < 4.78 is 0.898. The zero-order valence-corrected chi connectivity index (χ0v) is 11.3. The summed E-state index contributed by atoms with van der Waals surface area (Å²) in [6, 6.07) is 5.51. The minimum atomic E-state index is -0.396. The molecule has 17 heavy (non-hydrogen) atoms. The largest absolute Gasteiger partial charge is 0.391 e. The molecule has 1 fully saturated rings. The first-order chi connectivity index (χ1) is 8.06. The number of rotatable bonds is 2. The zero-order valence-electron chi connectivity index (χ0n) is 9.74. The molecule has 1 aliphatic rings. The number of aliphatic hydroxyl groups is 1. The van der Waals surface area contributed by atoms with Gasteiger partial charge in [0.05, 0.1) is 12.1 Å². The van der Waals surface area contributed by atoms with Gasteiger partial charge in [-0.2, -0.15) is 0 Å². The van der Waals surface area contributed by atoms with Crippen LogP contribution >= 0.6 is 15.9 Å². The van der Waals surface area contributed by atoms with Crippen molar-refractivity contribution in [2.75, 3.05) is 0 Å². The lowest BCUT2D eigenvalue weighted by Gasteiger charge is -2.16. The molecule has 1 aromatic rings. The fourth-order valence-electron chi connectivity index (χ4n) is 2.23. The third-order valence-corrected chi connectivity index (χ3v) is 3.56. The van der Waals surface area contributed by atoms with Crippen LogP contribution in [0.4, 0.5) is 0 Å². The number of nitrogens with one attached hydrogen (secondary N) is 1. The van der Waals surface area contributed by atoms with Crippen LogP contribution in [0.25, 0.3) is 0 Å². The van der Waals surface area contributed by atoms with Gasteiger partial charge in [0.2, 0.25) is 0 Å². The molecule has 0 heterocycles. The highest BCUT2D eigenvalue weighted by Crippen LogP contribution is 2.20. The number of amides is 1. The molecule has 0 aromatic heterocycles. The lowest BCUT2D eigenvalue weighted by Crippen LogP contribution is -2.39. The lowest BCUT2D eigenvalue weighted by atomic mass is 10.1. The molecule has 0 unspecified atom stereocenters. The SMILES string of the molecule is Cc1cc(Br)cc(C(=O)N[C@@H]2CCC[C@H]2O)c1. The summed E-state index contributed by atoms with van der Waals surface area (Å²) in [5, 5.41) is 12.6. The maximum atomic E-state index is 12.0. The third kappa shape index (κ3) is 3.07. The van der Waals surface area contributed by atoms with E-state index in [0.717, 1.165) is 29.3 Å². The van der Waals surface area contributed by atoms with Gasteiger partial charge >= 0.3 is 0 Å². The molecular weight excluding hydrogens is 282 g/mol. The number of hydrogen-bond acceptors (Lipinski definition) is 2. The maximum absolute atomic E-state index is 12.0. The predicted octanol–water partition coefficient (Wildman–Crippen LogP) is 2.40. The highest BCUT2D eigenvalue weighted by Gasteiger charge is 2.26. The van der Waals surface area contributed by atoms with E-state index in [1.54, 1.807) is 6.07 Å².